The minimum atomic E-state index is 0.365. The van der Waals surface area contributed by atoms with Gasteiger partial charge < -0.3 is 10.5 Å². The summed E-state index contributed by atoms with van der Waals surface area (Å²) >= 11 is 6.28. The maximum Gasteiger partial charge on any atom is 0.138 e. The molecule has 2 nitrogen and oxygen atoms in total. The second-order valence-electron chi connectivity index (χ2n) is 4.87. The molecule has 1 aliphatic rings. The minimum Gasteiger partial charge on any atom is -0.489 e. The highest BCUT2D eigenvalue weighted by atomic mass is 35.5. The van der Waals surface area contributed by atoms with Crippen LogP contribution in [0.5, 0.6) is 5.75 Å². The molecule has 0 atom stereocenters. The van der Waals surface area contributed by atoms with Crippen LogP contribution in [-0.4, -0.2) is 6.10 Å². The van der Waals surface area contributed by atoms with Crippen LogP contribution in [0.25, 0.3) is 11.1 Å². The van der Waals surface area contributed by atoms with E-state index >= 15 is 0 Å². The summed E-state index contributed by atoms with van der Waals surface area (Å²) in [6, 6.07) is 14.1. The Balaban J connectivity index is 1.89. The molecule has 1 fully saturated rings. The fraction of sp³-hybridized carbons (Fsp3) is 0.250. The first-order valence-electron chi connectivity index (χ1n) is 6.52. The van der Waals surface area contributed by atoms with Crippen LogP contribution in [0.4, 0.5) is 0 Å². The lowest BCUT2D eigenvalue weighted by Gasteiger charge is -2.09. The molecule has 0 radical (unpaired) electrons. The van der Waals surface area contributed by atoms with Crippen LogP contribution in [0.15, 0.2) is 42.5 Å². The molecule has 0 heterocycles. The van der Waals surface area contributed by atoms with Crippen LogP contribution in [0.2, 0.25) is 5.02 Å². The highest BCUT2D eigenvalue weighted by Crippen LogP contribution is 2.34. The Hall–Kier alpha value is -1.51. The summed E-state index contributed by atoms with van der Waals surface area (Å²) in [5.41, 5.74) is 9.00. The van der Waals surface area contributed by atoms with Gasteiger partial charge in [-0.1, -0.05) is 35.9 Å². The molecule has 3 rings (SSSR count). The van der Waals surface area contributed by atoms with Gasteiger partial charge >= 0.3 is 0 Å². The quantitative estimate of drug-likeness (QED) is 0.914. The molecule has 2 aromatic rings. The summed E-state index contributed by atoms with van der Waals surface area (Å²) in [5.74, 6) is 0.780. The van der Waals surface area contributed by atoms with Gasteiger partial charge in [0.25, 0.3) is 0 Å². The molecule has 2 N–H and O–H groups in total. The van der Waals surface area contributed by atoms with E-state index in [1.807, 2.05) is 30.3 Å². The van der Waals surface area contributed by atoms with E-state index in [1.165, 1.54) is 0 Å². The zero-order chi connectivity index (χ0) is 13.2. The molecule has 0 unspecified atom stereocenters. The first-order valence-corrected chi connectivity index (χ1v) is 6.89. The molecule has 0 aromatic heterocycles. The summed E-state index contributed by atoms with van der Waals surface area (Å²) in [6.07, 6.45) is 2.64. The predicted molar refractivity (Wildman–Crippen MR) is 78.4 cm³/mol. The second-order valence-corrected chi connectivity index (χ2v) is 5.27. The largest absolute Gasteiger partial charge is 0.489 e. The van der Waals surface area contributed by atoms with Crippen LogP contribution < -0.4 is 10.5 Å². The smallest absolute Gasteiger partial charge is 0.138 e. The van der Waals surface area contributed by atoms with Gasteiger partial charge in [-0.25, -0.2) is 0 Å². The van der Waals surface area contributed by atoms with Crippen molar-refractivity contribution in [3.05, 3.63) is 53.1 Å². The van der Waals surface area contributed by atoms with E-state index in [4.69, 9.17) is 22.1 Å². The van der Waals surface area contributed by atoms with Crippen LogP contribution >= 0.6 is 11.6 Å². The predicted octanol–water partition coefficient (Wildman–Crippen LogP) is 4.01. The molecular formula is C16H16ClNO. The van der Waals surface area contributed by atoms with Gasteiger partial charge in [-0.2, -0.15) is 0 Å². The average molecular weight is 274 g/mol. The highest BCUT2D eigenvalue weighted by Gasteiger charge is 2.24. The van der Waals surface area contributed by atoms with Crippen LogP contribution in [0.3, 0.4) is 0 Å². The summed E-state index contributed by atoms with van der Waals surface area (Å²) < 4.78 is 5.74. The SMILES string of the molecule is NCc1cccc(-c2ccc(OC3CC3)c(Cl)c2)c1. The van der Waals surface area contributed by atoms with Gasteiger partial charge in [-0.15, -0.1) is 0 Å². The molecule has 3 heteroatoms. The van der Waals surface area contributed by atoms with Gasteiger partial charge in [0, 0.05) is 6.54 Å². The Labute approximate surface area is 118 Å². The van der Waals surface area contributed by atoms with Crippen LogP contribution in [-0.2, 0) is 6.54 Å². The van der Waals surface area contributed by atoms with E-state index in [2.05, 4.69) is 12.1 Å². The summed E-state index contributed by atoms with van der Waals surface area (Å²) in [7, 11) is 0. The monoisotopic (exact) mass is 273 g/mol. The molecule has 0 saturated heterocycles. The van der Waals surface area contributed by atoms with Crippen LogP contribution in [0.1, 0.15) is 18.4 Å². The normalized spacial score (nSPS) is 14.4. The van der Waals surface area contributed by atoms with Crippen molar-refractivity contribution in [3.8, 4) is 16.9 Å². The Morgan fingerprint density at radius 1 is 1.11 bits per heavy atom. The van der Waals surface area contributed by atoms with Gasteiger partial charge in [0.2, 0.25) is 0 Å². The zero-order valence-electron chi connectivity index (χ0n) is 10.6. The van der Waals surface area contributed by atoms with Crippen LogP contribution in [0, 0.1) is 0 Å². The minimum absolute atomic E-state index is 0.365. The number of benzene rings is 2. The molecule has 0 amide bonds. The summed E-state index contributed by atoms with van der Waals surface area (Å²) in [4.78, 5) is 0. The first kappa shape index (κ1) is 12.5. The number of nitrogens with two attached hydrogens (primary N) is 1. The molecule has 0 aliphatic heterocycles. The van der Waals surface area contributed by atoms with E-state index in [0.29, 0.717) is 17.7 Å². The molecule has 19 heavy (non-hydrogen) atoms. The van der Waals surface area contributed by atoms with Crippen molar-refractivity contribution in [1.29, 1.82) is 0 Å². The van der Waals surface area contributed by atoms with E-state index in [0.717, 1.165) is 35.3 Å². The van der Waals surface area contributed by atoms with E-state index in [1.54, 1.807) is 0 Å². The van der Waals surface area contributed by atoms with Crippen molar-refractivity contribution in [2.75, 3.05) is 0 Å². The van der Waals surface area contributed by atoms with Crippen molar-refractivity contribution in [3.63, 3.8) is 0 Å². The Morgan fingerprint density at radius 2 is 1.89 bits per heavy atom. The van der Waals surface area contributed by atoms with Crippen molar-refractivity contribution in [1.82, 2.24) is 0 Å². The number of hydrogen-bond acceptors (Lipinski definition) is 2. The standard InChI is InChI=1S/C16H16ClNO/c17-15-9-13(4-7-16(15)19-14-5-6-14)12-3-1-2-11(8-12)10-18/h1-4,7-9,14H,5-6,10,18H2. The molecule has 0 bridgehead atoms. The van der Waals surface area contributed by atoms with Gasteiger partial charge in [-0.05, 0) is 47.7 Å². The van der Waals surface area contributed by atoms with E-state index < -0.39 is 0 Å². The molecular weight excluding hydrogens is 258 g/mol. The number of halogens is 1. The zero-order valence-corrected chi connectivity index (χ0v) is 11.4. The van der Waals surface area contributed by atoms with E-state index in [9.17, 15) is 0 Å². The summed E-state index contributed by atoms with van der Waals surface area (Å²) in [6.45, 7) is 0.546. The van der Waals surface area contributed by atoms with Gasteiger partial charge in [0.15, 0.2) is 0 Å². The highest BCUT2D eigenvalue weighted by molar-refractivity contribution is 6.32. The Bertz CT molecular complexity index is 593. The lowest BCUT2D eigenvalue weighted by molar-refractivity contribution is 0.303. The van der Waals surface area contributed by atoms with Crippen molar-refractivity contribution in [2.24, 2.45) is 5.73 Å². The fourth-order valence-corrected chi connectivity index (χ4v) is 2.24. The molecule has 1 aliphatic carbocycles. The van der Waals surface area contributed by atoms with Crippen molar-refractivity contribution < 1.29 is 4.74 Å². The maximum absolute atomic E-state index is 6.28. The third kappa shape index (κ3) is 2.91. The molecule has 98 valence electrons. The van der Waals surface area contributed by atoms with E-state index in [-0.39, 0.29) is 0 Å². The van der Waals surface area contributed by atoms with Gasteiger partial charge in [-0.3, -0.25) is 0 Å². The van der Waals surface area contributed by atoms with Crippen molar-refractivity contribution in [2.45, 2.75) is 25.5 Å². The number of rotatable bonds is 4. The lowest BCUT2D eigenvalue weighted by Crippen LogP contribution is -1.97. The topological polar surface area (TPSA) is 35.2 Å². The number of ether oxygens (including phenoxy) is 1. The van der Waals surface area contributed by atoms with Crippen molar-refractivity contribution >= 4 is 11.6 Å². The maximum atomic E-state index is 6.28. The number of hydrogen-bond donors (Lipinski definition) is 1. The Kier molecular flexibility index (Phi) is 3.45. The average Bonchev–Trinajstić information content (AvgIpc) is 3.25. The Morgan fingerprint density at radius 3 is 2.58 bits per heavy atom. The van der Waals surface area contributed by atoms with Gasteiger partial charge in [0.05, 0.1) is 11.1 Å². The lowest BCUT2D eigenvalue weighted by atomic mass is 10.0. The molecule has 2 aromatic carbocycles. The van der Waals surface area contributed by atoms with Gasteiger partial charge in [0.1, 0.15) is 5.75 Å². The third-order valence-electron chi connectivity index (χ3n) is 3.25. The fourth-order valence-electron chi connectivity index (χ4n) is 2.02. The first-order chi connectivity index (χ1) is 9.26. The second kappa shape index (κ2) is 5.24. The molecule has 1 saturated carbocycles. The molecule has 0 spiro atoms. The summed E-state index contributed by atoms with van der Waals surface area (Å²) in [5, 5.41) is 0.669. The third-order valence-corrected chi connectivity index (χ3v) is 3.54.